The summed E-state index contributed by atoms with van der Waals surface area (Å²) in [6.07, 6.45) is 6.12. The van der Waals surface area contributed by atoms with Crippen LogP contribution in [0.1, 0.15) is 52.9 Å². The van der Waals surface area contributed by atoms with Gasteiger partial charge in [0, 0.05) is 17.8 Å². The van der Waals surface area contributed by atoms with Crippen LogP contribution in [0, 0.1) is 0 Å². The molecule has 0 radical (unpaired) electrons. The van der Waals surface area contributed by atoms with Gasteiger partial charge in [-0.15, -0.1) is 0 Å². The lowest BCUT2D eigenvalue weighted by Gasteiger charge is -2.11. The predicted octanol–water partition coefficient (Wildman–Crippen LogP) is 3.97. The highest BCUT2D eigenvalue weighted by molar-refractivity contribution is 5.92. The van der Waals surface area contributed by atoms with Gasteiger partial charge < -0.3 is 15.4 Å². The summed E-state index contributed by atoms with van der Waals surface area (Å²) in [5, 5.41) is 5.97. The van der Waals surface area contributed by atoms with E-state index < -0.39 is 0 Å². The third-order valence-electron chi connectivity index (χ3n) is 3.31. The van der Waals surface area contributed by atoms with Gasteiger partial charge in [-0.05, 0) is 18.6 Å². The van der Waals surface area contributed by atoms with Crippen molar-refractivity contribution in [1.29, 1.82) is 0 Å². The van der Waals surface area contributed by atoms with Crippen molar-refractivity contribution in [1.82, 2.24) is 5.32 Å². The summed E-state index contributed by atoms with van der Waals surface area (Å²) < 4.78 is 5.74. The second kappa shape index (κ2) is 11.1. The standard InChI is InChI=1S/C18H30N2O2/c1-4-5-6-7-8-12-22-17-11-9-10-16(13-17)20-18(21)14-19-15(2)3/h9-11,13,15,19H,4-8,12,14H2,1-3H3,(H,20,21). The normalized spacial score (nSPS) is 10.7. The highest BCUT2D eigenvalue weighted by Gasteiger charge is 2.04. The van der Waals surface area contributed by atoms with E-state index in [0.717, 1.165) is 24.5 Å². The highest BCUT2D eigenvalue weighted by Crippen LogP contribution is 2.17. The molecule has 1 aromatic rings. The molecule has 0 spiro atoms. The number of hydrogen-bond donors (Lipinski definition) is 2. The fourth-order valence-corrected chi connectivity index (χ4v) is 2.06. The van der Waals surface area contributed by atoms with Gasteiger partial charge in [-0.3, -0.25) is 4.79 Å². The van der Waals surface area contributed by atoms with Crippen LogP contribution in [0.4, 0.5) is 5.69 Å². The largest absolute Gasteiger partial charge is 0.494 e. The highest BCUT2D eigenvalue weighted by atomic mass is 16.5. The molecule has 0 atom stereocenters. The number of carbonyl (C=O) groups excluding carboxylic acids is 1. The number of rotatable bonds is 11. The fourth-order valence-electron chi connectivity index (χ4n) is 2.06. The number of unbranched alkanes of at least 4 members (excludes halogenated alkanes) is 4. The summed E-state index contributed by atoms with van der Waals surface area (Å²) in [5.41, 5.74) is 0.777. The first-order valence-electron chi connectivity index (χ1n) is 8.38. The molecule has 0 aliphatic rings. The molecule has 124 valence electrons. The van der Waals surface area contributed by atoms with Crippen LogP contribution in [-0.2, 0) is 4.79 Å². The average Bonchev–Trinajstić information content (AvgIpc) is 2.49. The van der Waals surface area contributed by atoms with E-state index in [9.17, 15) is 4.79 Å². The van der Waals surface area contributed by atoms with Crippen molar-refractivity contribution in [3.8, 4) is 5.75 Å². The molecule has 0 aromatic heterocycles. The van der Waals surface area contributed by atoms with E-state index in [4.69, 9.17) is 4.74 Å². The Kier molecular flexibility index (Phi) is 9.31. The molecule has 0 fully saturated rings. The molecule has 0 aliphatic carbocycles. The third kappa shape index (κ3) is 8.67. The summed E-state index contributed by atoms with van der Waals surface area (Å²) in [4.78, 5) is 11.8. The van der Waals surface area contributed by atoms with Crippen LogP contribution in [0.15, 0.2) is 24.3 Å². The van der Waals surface area contributed by atoms with Crippen molar-refractivity contribution in [3.63, 3.8) is 0 Å². The minimum atomic E-state index is -0.0367. The Bertz CT molecular complexity index is 433. The minimum Gasteiger partial charge on any atom is -0.494 e. The zero-order chi connectivity index (χ0) is 16.2. The summed E-state index contributed by atoms with van der Waals surface area (Å²) in [7, 11) is 0. The smallest absolute Gasteiger partial charge is 0.238 e. The number of anilines is 1. The van der Waals surface area contributed by atoms with E-state index in [-0.39, 0.29) is 5.91 Å². The molecule has 0 heterocycles. The Balaban J connectivity index is 2.31. The molecule has 4 heteroatoms. The van der Waals surface area contributed by atoms with Gasteiger partial charge in [0.25, 0.3) is 0 Å². The van der Waals surface area contributed by atoms with E-state index >= 15 is 0 Å². The molecule has 0 aliphatic heterocycles. The quantitative estimate of drug-likeness (QED) is 0.608. The van der Waals surface area contributed by atoms with Crippen LogP contribution in [0.25, 0.3) is 0 Å². The number of benzene rings is 1. The van der Waals surface area contributed by atoms with Gasteiger partial charge in [0.15, 0.2) is 0 Å². The topological polar surface area (TPSA) is 50.4 Å². The summed E-state index contributed by atoms with van der Waals surface area (Å²) in [6, 6.07) is 7.88. The Morgan fingerprint density at radius 2 is 1.95 bits per heavy atom. The van der Waals surface area contributed by atoms with Gasteiger partial charge in [-0.1, -0.05) is 52.5 Å². The lowest BCUT2D eigenvalue weighted by atomic mass is 10.2. The predicted molar refractivity (Wildman–Crippen MR) is 92.5 cm³/mol. The zero-order valence-corrected chi connectivity index (χ0v) is 14.2. The van der Waals surface area contributed by atoms with Gasteiger partial charge in [0.1, 0.15) is 5.75 Å². The van der Waals surface area contributed by atoms with Crippen molar-refractivity contribution in [2.24, 2.45) is 0 Å². The molecular weight excluding hydrogens is 276 g/mol. The first kappa shape index (κ1) is 18.5. The maximum Gasteiger partial charge on any atom is 0.238 e. The van der Waals surface area contributed by atoms with Gasteiger partial charge in [0.05, 0.1) is 13.2 Å². The van der Waals surface area contributed by atoms with Gasteiger partial charge in [-0.25, -0.2) is 0 Å². The van der Waals surface area contributed by atoms with Crippen LogP contribution < -0.4 is 15.4 Å². The number of nitrogens with one attached hydrogen (secondary N) is 2. The lowest BCUT2D eigenvalue weighted by Crippen LogP contribution is -2.32. The molecule has 1 rings (SSSR count). The zero-order valence-electron chi connectivity index (χ0n) is 14.2. The van der Waals surface area contributed by atoms with Crippen LogP contribution in [0.2, 0.25) is 0 Å². The Morgan fingerprint density at radius 1 is 1.18 bits per heavy atom. The second-order valence-corrected chi connectivity index (χ2v) is 5.87. The minimum absolute atomic E-state index is 0.0367. The molecule has 1 amide bonds. The Morgan fingerprint density at radius 3 is 2.68 bits per heavy atom. The molecule has 2 N–H and O–H groups in total. The van der Waals surface area contributed by atoms with Crippen LogP contribution >= 0.6 is 0 Å². The number of hydrogen-bond acceptors (Lipinski definition) is 3. The monoisotopic (exact) mass is 306 g/mol. The Labute approximate surface area is 134 Å². The van der Waals surface area contributed by atoms with Crippen molar-refractivity contribution in [2.75, 3.05) is 18.5 Å². The van der Waals surface area contributed by atoms with Gasteiger partial charge in [-0.2, -0.15) is 0 Å². The molecule has 0 saturated heterocycles. The fraction of sp³-hybridized carbons (Fsp3) is 0.611. The molecule has 1 aromatic carbocycles. The maximum atomic E-state index is 11.8. The van der Waals surface area contributed by atoms with Crippen LogP contribution in [0.5, 0.6) is 5.75 Å². The van der Waals surface area contributed by atoms with Gasteiger partial charge in [0.2, 0.25) is 5.91 Å². The third-order valence-corrected chi connectivity index (χ3v) is 3.31. The molecule has 0 bridgehead atoms. The lowest BCUT2D eigenvalue weighted by molar-refractivity contribution is -0.115. The van der Waals surface area contributed by atoms with Crippen molar-refractivity contribution in [2.45, 2.75) is 58.9 Å². The first-order chi connectivity index (χ1) is 10.6. The van der Waals surface area contributed by atoms with E-state index in [1.165, 1.54) is 25.7 Å². The maximum absolute atomic E-state index is 11.8. The summed E-state index contributed by atoms with van der Waals surface area (Å²) in [6.45, 7) is 7.30. The molecular formula is C18H30N2O2. The number of carbonyl (C=O) groups is 1. The van der Waals surface area contributed by atoms with Crippen molar-refractivity contribution in [3.05, 3.63) is 24.3 Å². The van der Waals surface area contributed by atoms with E-state index in [2.05, 4.69) is 17.6 Å². The van der Waals surface area contributed by atoms with Crippen LogP contribution in [-0.4, -0.2) is 25.1 Å². The first-order valence-corrected chi connectivity index (χ1v) is 8.38. The van der Waals surface area contributed by atoms with Crippen molar-refractivity contribution < 1.29 is 9.53 Å². The second-order valence-electron chi connectivity index (χ2n) is 5.87. The number of amides is 1. The molecule has 0 unspecified atom stereocenters. The Hall–Kier alpha value is -1.55. The van der Waals surface area contributed by atoms with E-state index in [1.54, 1.807) is 0 Å². The van der Waals surface area contributed by atoms with E-state index in [0.29, 0.717) is 12.6 Å². The number of ether oxygens (including phenoxy) is 1. The summed E-state index contributed by atoms with van der Waals surface area (Å²) >= 11 is 0. The SMILES string of the molecule is CCCCCCCOc1cccc(NC(=O)CNC(C)C)c1. The van der Waals surface area contributed by atoms with Crippen LogP contribution in [0.3, 0.4) is 0 Å². The average molecular weight is 306 g/mol. The molecule has 4 nitrogen and oxygen atoms in total. The van der Waals surface area contributed by atoms with Gasteiger partial charge >= 0.3 is 0 Å². The summed E-state index contributed by atoms with van der Waals surface area (Å²) in [5.74, 6) is 0.774. The van der Waals surface area contributed by atoms with E-state index in [1.807, 2.05) is 38.1 Å². The molecule has 0 saturated carbocycles. The van der Waals surface area contributed by atoms with Crippen molar-refractivity contribution >= 4 is 11.6 Å². The molecule has 22 heavy (non-hydrogen) atoms.